The summed E-state index contributed by atoms with van der Waals surface area (Å²) in [6.45, 7) is -0.104. The Morgan fingerprint density at radius 1 is 1.41 bits per heavy atom. The molecule has 1 N–H and O–H groups in total. The fraction of sp³-hybridized carbons (Fsp3) is 0.333. The molecule has 0 spiro atoms. The van der Waals surface area contributed by atoms with E-state index in [0.717, 1.165) is 4.31 Å². The van der Waals surface area contributed by atoms with Crippen molar-refractivity contribution in [2.45, 2.75) is 11.3 Å². The van der Waals surface area contributed by atoms with E-state index in [-0.39, 0.29) is 17.9 Å². The number of aryl methyl sites for hydroxylation is 1. The molecule has 0 radical (unpaired) electrons. The third-order valence-corrected chi connectivity index (χ3v) is 4.91. The Morgan fingerprint density at radius 2 is 2.14 bits per heavy atom. The van der Waals surface area contributed by atoms with Crippen molar-refractivity contribution in [2.24, 2.45) is 7.05 Å². The van der Waals surface area contributed by atoms with Gasteiger partial charge >= 0.3 is 5.97 Å². The van der Waals surface area contributed by atoms with E-state index < -0.39 is 16.0 Å². The van der Waals surface area contributed by atoms with Gasteiger partial charge in [0.2, 0.25) is 10.0 Å². The van der Waals surface area contributed by atoms with Gasteiger partial charge in [-0.1, -0.05) is 12.1 Å². The van der Waals surface area contributed by atoms with Gasteiger partial charge in [0.15, 0.2) is 5.82 Å². The van der Waals surface area contributed by atoms with E-state index in [9.17, 15) is 13.2 Å². The van der Waals surface area contributed by atoms with Crippen molar-refractivity contribution in [3.05, 3.63) is 24.3 Å². The summed E-state index contributed by atoms with van der Waals surface area (Å²) in [7, 11) is -0.779. The van der Waals surface area contributed by atoms with Crippen molar-refractivity contribution in [2.75, 3.05) is 13.6 Å². The molecular weight excluding hydrogens is 310 g/mol. The average molecular weight is 325 g/mol. The Bertz CT molecular complexity index is 786. The normalized spacial score (nSPS) is 11.8. The summed E-state index contributed by atoms with van der Waals surface area (Å²) in [6.07, 6.45) is -0.261. The van der Waals surface area contributed by atoms with Crippen LogP contribution in [-0.4, -0.2) is 57.6 Å². The maximum absolute atomic E-state index is 12.4. The molecule has 0 aliphatic carbocycles. The average Bonchev–Trinajstić information content (AvgIpc) is 2.91. The number of aromatic nitrogens is 4. The lowest BCUT2D eigenvalue weighted by atomic mass is 10.2. The molecule has 0 saturated heterocycles. The Morgan fingerprint density at radius 3 is 2.73 bits per heavy atom. The van der Waals surface area contributed by atoms with Crippen molar-refractivity contribution in [1.82, 2.24) is 24.5 Å². The van der Waals surface area contributed by atoms with E-state index >= 15 is 0 Å². The van der Waals surface area contributed by atoms with Crippen LogP contribution in [0.4, 0.5) is 0 Å². The van der Waals surface area contributed by atoms with Gasteiger partial charge in [-0.2, -0.15) is 0 Å². The molecule has 10 heteroatoms. The molecule has 0 fully saturated rings. The third-order valence-electron chi connectivity index (χ3n) is 3.06. The van der Waals surface area contributed by atoms with Crippen LogP contribution in [0.5, 0.6) is 0 Å². The minimum absolute atomic E-state index is 0.0564. The first-order valence-electron chi connectivity index (χ1n) is 6.33. The zero-order chi connectivity index (χ0) is 16.3. The zero-order valence-electron chi connectivity index (χ0n) is 12.0. The number of benzene rings is 1. The number of tetrazole rings is 1. The molecule has 2 aromatic rings. The smallest absolute Gasteiger partial charge is 0.304 e. The van der Waals surface area contributed by atoms with Crippen molar-refractivity contribution >= 4 is 16.0 Å². The summed E-state index contributed by atoms with van der Waals surface area (Å²) in [6, 6.07) is 6.18. The first kappa shape index (κ1) is 16.0. The number of carboxylic acid groups (broad SMARTS) is 1. The number of hydrogen-bond donors (Lipinski definition) is 1. The molecule has 1 aromatic heterocycles. The van der Waals surface area contributed by atoms with Gasteiger partial charge in [0.05, 0.1) is 11.3 Å². The lowest BCUT2D eigenvalue weighted by molar-refractivity contribution is -0.137. The summed E-state index contributed by atoms with van der Waals surface area (Å²) >= 11 is 0. The zero-order valence-corrected chi connectivity index (χ0v) is 12.9. The molecule has 118 valence electrons. The Kier molecular flexibility index (Phi) is 4.52. The van der Waals surface area contributed by atoms with Crippen LogP contribution in [0.15, 0.2) is 29.2 Å². The van der Waals surface area contributed by atoms with Crippen LogP contribution in [0, 0.1) is 0 Å². The van der Waals surface area contributed by atoms with Gasteiger partial charge in [-0.05, 0) is 22.6 Å². The van der Waals surface area contributed by atoms with E-state index in [1.54, 1.807) is 19.2 Å². The lowest BCUT2D eigenvalue weighted by Crippen LogP contribution is -2.29. The van der Waals surface area contributed by atoms with Crippen molar-refractivity contribution in [3.63, 3.8) is 0 Å². The fourth-order valence-electron chi connectivity index (χ4n) is 1.82. The van der Waals surface area contributed by atoms with Crippen LogP contribution in [0.1, 0.15) is 6.42 Å². The van der Waals surface area contributed by atoms with Crippen LogP contribution < -0.4 is 0 Å². The van der Waals surface area contributed by atoms with Gasteiger partial charge < -0.3 is 5.11 Å². The molecule has 0 unspecified atom stereocenters. The standard InChI is InChI=1S/C12H15N5O4S/c1-16(7-6-11(18)19)22(20,21)10-5-3-4-9(8-10)12-13-14-15-17(12)2/h3-5,8H,6-7H2,1-2H3,(H,18,19). The van der Waals surface area contributed by atoms with Gasteiger partial charge in [-0.25, -0.2) is 17.4 Å². The highest BCUT2D eigenvalue weighted by molar-refractivity contribution is 7.89. The van der Waals surface area contributed by atoms with Crippen LogP contribution in [0.3, 0.4) is 0 Å². The molecule has 0 bridgehead atoms. The minimum Gasteiger partial charge on any atom is -0.481 e. The highest BCUT2D eigenvalue weighted by Gasteiger charge is 2.22. The summed E-state index contributed by atoms with van der Waals surface area (Å²) in [5.74, 6) is -0.619. The molecule has 0 atom stereocenters. The topological polar surface area (TPSA) is 118 Å². The molecule has 1 aromatic carbocycles. The van der Waals surface area contributed by atoms with Gasteiger partial charge in [-0.3, -0.25) is 4.79 Å². The van der Waals surface area contributed by atoms with Gasteiger partial charge in [0.1, 0.15) is 0 Å². The molecule has 0 aliphatic heterocycles. The van der Waals surface area contributed by atoms with E-state index in [2.05, 4.69) is 15.5 Å². The van der Waals surface area contributed by atoms with E-state index in [0.29, 0.717) is 11.4 Å². The number of hydrogen-bond acceptors (Lipinski definition) is 6. The molecular formula is C12H15N5O4S. The first-order valence-corrected chi connectivity index (χ1v) is 7.77. The largest absolute Gasteiger partial charge is 0.481 e. The van der Waals surface area contributed by atoms with Crippen LogP contribution >= 0.6 is 0 Å². The monoisotopic (exact) mass is 325 g/mol. The molecule has 0 saturated carbocycles. The second-order valence-corrected chi connectivity index (χ2v) is 6.67. The van der Waals surface area contributed by atoms with Crippen molar-refractivity contribution in [3.8, 4) is 11.4 Å². The third kappa shape index (κ3) is 3.28. The summed E-state index contributed by atoms with van der Waals surface area (Å²) in [5, 5.41) is 19.7. The molecule has 2 rings (SSSR count). The first-order chi connectivity index (χ1) is 10.3. The van der Waals surface area contributed by atoms with Crippen molar-refractivity contribution < 1.29 is 18.3 Å². The lowest BCUT2D eigenvalue weighted by Gasteiger charge is -2.16. The number of carbonyl (C=O) groups is 1. The Balaban J connectivity index is 2.32. The maximum Gasteiger partial charge on any atom is 0.304 e. The van der Waals surface area contributed by atoms with Crippen LogP contribution in [-0.2, 0) is 21.9 Å². The molecule has 9 nitrogen and oxygen atoms in total. The predicted octanol–water partition coefficient (Wildman–Crippen LogP) is -0.0277. The van der Waals surface area contributed by atoms with E-state index in [1.165, 1.54) is 23.9 Å². The number of rotatable bonds is 6. The Hall–Kier alpha value is -2.33. The highest BCUT2D eigenvalue weighted by Crippen LogP contribution is 2.21. The molecule has 0 aliphatic rings. The predicted molar refractivity (Wildman–Crippen MR) is 76.3 cm³/mol. The van der Waals surface area contributed by atoms with Crippen LogP contribution in [0.25, 0.3) is 11.4 Å². The van der Waals surface area contributed by atoms with Gasteiger partial charge in [0, 0.05) is 26.2 Å². The second kappa shape index (κ2) is 6.20. The SMILES string of the molecule is CN(CCC(=O)O)S(=O)(=O)c1cccc(-c2nnnn2C)c1. The van der Waals surface area contributed by atoms with Crippen LogP contribution in [0.2, 0.25) is 0 Å². The quantitative estimate of drug-likeness (QED) is 0.792. The maximum atomic E-state index is 12.4. The number of aliphatic carboxylic acids is 1. The highest BCUT2D eigenvalue weighted by atomic mass is 32.2. The molecule has 22 heavy (non-hydrogen) atoms. The number of nitrogens with zero attached hydrogens (tertiary/aromatic N) is 5. The van der Waals surface area contributed by atoms with Crippen molar-refractivity contribution in [1.29, 1.82) is 0 Å². The van der Waals surface area contributed by atoms with E-state index in [4.69, 9.17) is 5.11 Å². The molecule has 1 heterocycles. The molecule has 0 amide bonds. The Labute approximate surface area is 127 Å². The summed E-state index contributed by atoms with van der Waals surface area (Å²) in [4.78, 5) is 10.6. The van der Waals surface area contributed by atoms with Gasteiger partial charge in [-0.15, -0.1) is 5.10 Å². The van der Waals surface area contributed by atoms with E-state index in [1.807, 2.05) is 0 Å². The fourth-order valence-corrected chi connectivity index (χ4v) is 3.04. The number of carboxylic acids is 1. The second-order valence-electron chi connectivity index (χ2n) is 4.62. The summed E-state index contributed by atoms with van der Waals surface area (Å²) in [5.41, 5.74) is 0.556. The van der Waals surface area contributed by atoms with Gasteiger partial charge in [0.25, 0.3) is 0 Å². The summed E-state index contributed by atoms with van der Waals surface area (Å²) < 4.78 is 27.3. The number of sulfonamides is 1. The minimum atomic E-state index is -3.77.